The van der Waals surface area contributed by atoms with E-state index in [1.165, 1.54) is 12.8 Å². The minimum atomic E-state index is -0.607. The van der Waals surface area contributed by atoms with E-state index in [2.05, 4.69) is 31.4 Å². The monoisotopic (exact) mass is 257 g/mol. The molecule has 106 valence electrons. The first-order valence-electron chi connectivity index (χ1n) is 6.69. The van der Waals surface area contributed by atoms with Crippen LogP contribution in [0.15, 0.2) is 0 Å². The van der Waals surface area contributed by atoms with Gasteiger partial charge in [-0.05, 0) is 11.8 Å². The Morgan fingerprint density at radius 3 is 2.28 bits per heavy atom. The zero-order valence-corrected chi connectivity index (χ0v) is 11.8. The van der Waals surface area contributed by atoms with Crippen molar-refractivity contribution in [3.63, 3.8) is 0 Å². The van der Waals surface area contributed by atoms with Crippen LogP contribution in [0.2, 0.25) is 0 Å². The number of amides is 2. The summed E-state index contributed by atoms with van der Waals surface area (Å²) in [6.07, 6.45) is 4.59. The van der Waals surface area contributed by atoms with E-state index in [1.807, 2.05) is 0 Å². The summed E-state index contributed by atoms with van der Waals surface area (Å²) in [7, 11) is 0. The van der Waals surface area contributed by atoms with Gasteiger partial charge in [-0.3, -0.25) is 9.59 Å². The van der Waals surface area contributed by atoms with Crippen LogP contribution < -0.4 is 16.4 Å². The van der Waals surface area contributed by atoms with Crippen molar-refractivity contribution in [2.75, 3.05) is 19.6 Å². The third-order valence-corrected chi connectivity index (χ3v) is 2.82. The van der Waals surface area contributed by atoms with Crippen LogP contribution in [0.1, 0.15) is 46.5 Å². The predicted molar refractivity (Wildman–Crippen MR) is 73.0 cm³/mol. The number of hydrogen-bond donors (Lipinski definition) is 3. The number of carbonyl (C=O) groups excluding carboxylic acids is 2. The molecule has 0 atom stereocenters. The minimum absolute atomic E-state index is 0.0268. The van der Waals surface area contributed by atoms with Crippen LogP contribution in [0.25, 0.3) is 0 Å². The van der Waals surface area contributed by atoms with E-state index >= 15 is 0 Å². The summed E-state index contributed by atoms with van der Waals surface area (Å²) in [5.41, 5.74) is 5.27. The molecule has 0 bridgehead atoms. The summed E-state index contributed by atoms with van der Waals surface area (Å²) in [6, 6.07) is 0. The number of nitrogens with two attached hydrogens (primary N) is 1. The molecule has 0 saturated carbocycles. The number of carbonyl (C=O) groups is 2. The molecular weight excluding hydrogens is 230 g/mol. The highest BCUT2D eigenvalue weighted by atomic mass is 16.2. The molecule has 0 aliphatic carbocycles. The minimum Gasteiger partial charge on any atom is -0.347 e. The van der Waals surface area contributed by atoms with Gasteiger partial charge in [-0.2, -0.15) is 0 Å². The fourth-order valence-electron chi connectivity index (χ4n) is 1.61. The molecule has 0 aromatic rings. The molecule has 0 unspecified atom stereocenters. The van der Waals surface area contributed by atoms with Gasteiger partial charge in [-0.25, -0.2) is 0 Å². The van der Waals surface area contributed by atoms with Crippen LogP contribution in [0.4, 0.5) is 0 Å². The van der Waals surface area contributed by atoms with Crippen LogP contribution in [0.5, 0.6) is 0 Å². The van der Waals surface area contributed by atoms with E-state index < -0.39 is 11.8 Å². The van der Waals surface area contributed by atoms with Gasteiger partial charge in [0.15, 0.2) is 0 Å². The largest absolute Gasteiger partial charge is 0.347 e. The average Bonchev–Trinajstić information content (AvgIpc) is 2.33. The Morgan fingerprint density at radius 1 is 1.11 bits per heavy atom. The second kappa shape index (κ2) is 8.91. The van der Waals surface area contributed by atoms with Gasteiger partial charge in [0.1, 0.15) is 0 Å². The maximum Gasteiger partial charge on any atom is 0.309 e. The molecule has 0 aliphatic heterocycles. The van der Waals surface area contributed by atoms with Crippen molar-refractivity contribution in [1.29, 1.82) is 0 Å². The lowest BCUT2D eigenvalue weighted by molar-refractivity contribution is -0.139. The predicted octanol–water partition coefficient (Wildman–Crippen LogP) is 0.784. The summed E-state index contributed by atoms with van der Waals surface area (Å²) < 4.78 is 0. The standard InChI is InChI=1S/C13H27N3O2/c1-4-5-6-7-13(2,3)10-16-12(18)11(17)15-9-8-14/h4-10,14H2,1-3H3,(H,15,17)(H,16,18). The maximum atomic E-state index is 11.5. The first-order valence-corrected chi connectivity index (χ1v) is 6.69. The topological polar surface area (TPSA) is 84.2 Å². The van der Waals surface area contributed by atoms with Gasteiger partial charge in [0.05, 0.1) is 0 Å². The zero-order chi connectivity index (χ0) is 14.0. The van der Waals surface area contributed by atoms with Crippen LogP contribution in [-0.2, 0) is 9.59 Å². The Labute approximate surface area is 110 Å². The Kier molecular flexibility index (Phi) is 8.37. The Morgan fingerprint density at radius 2 is 1.72 bits per heavy atom. The van der Waals surface area contributed by atoms with Gasteiger partial charge in [-0.1, -0.05) is 40.0 Å². The summed E-state index contributed by atoms with van der Waals surface area (Å²) in [5, 5.41) is 5.11. The van der Waals surface area contributed by atoms with Crippen LogP contribution in [0.3, 0.4) is 0 Å². The summed E-state index contributed by atoms with van der Waals surface area (Å²) in [6.45, 7) is 7.54. The summed E-state index contributed by atoms with van der Waals surface area (Å²) >= 11 is 0. The van der Waals surface area contributed by atoms with Crippen molar-refractivity contribution in [3.8, 4) is 0 Å². The molecule has 0 spiro atoms. The number of rotatable bonds is 8. The van der Waals surface area contributed by atoms with Crippen LogP contribution in [0, 0.1) is 5.41 Å². The van der Waals surface area contributed by atoms with Crippen molar-refractivity contribution in [2.45, 2.75) is 46.5 Å². The molecule has 0 aliphatic rings. The molecule has 18 heavy (non-hydrogen) atoms. The van der Waals surface area contributed by atoms with Gasteiger partial charge < -0.3 is 16.4 Å². The molecule has 0 fully saturated rings. The van der Waals surface area contributed by atoms with E-state index in [9.17, 15) is 9.59 Å². The molecule has 5 nitrogen and oxygen atoms in total. The van der Waals surface area contributed by atoms with Crippen molar-refractivity contribution < 1.29 is 9.59 Å². The SMILES string of the molecule is CCCCCC(C)(C)CNC(=O)C(=O)NCCN. The molecule has 2 amide bonds. The van der Waals surface area contributed by atoms with Crippen molar-refractivity contribution in [2.24, 2.45) is 11.1 Å². The molecule has 0 heterocycles. The lowest BCUT2D eigenvalue weighted by Gasteiger charge is -2.24. The van der Waals surface area contributed by atoms with E-state index in [-0.39, 0.29) is 5.41 Å². The van der Waals surface area contributed by atoms with Crippen molar-refractivity contribution >= 4 is 11.8 Å². The van der Waals surface area contributed by atoms with E-state index in [1.54, 1.807) is 0 Å². The van der Waals surface area contributed by atoms with E-state index in [0.29, 0.717) is 19.6 Å². The normalized spacial score (nSPS) is 11.1. The molecular formula is C13H27N3O2. The van der Waals surface area contributed by atoms with Crippen molar-refractivity contribution in [3.05, 3.63) is 0 Å². The first kappa shape index (κ1) is 16.9. The molecule has 4 N–H and O–H groups in total. The van der Waals surface area contributed by atoms with Gasteiger partial charge in [0.2, 0.25) is 0 Å². The molecule has 5 heteroatoms. The molecule has 0 radical (unpaired) electrons. The van der Waals surface area contributed by atoms with E-state index in [4.69, 9.17) is 5.73 Å². The highest BCUT2D eigenvalue weighted by Gasteiger charge is 2.20. The Bertz CT molecular complexity index is 265. The first-order chi connectivity index (χ1) is 8.43. The van der Waals surface area contributed by atoms with Gasteiger partial charge in [-0.15, -0.1) is 0 Å². The second-order valence-electron chi connectivity index (χ2n) is 5.35. The Hall–Kier alpha value is -1.10. The average molecular weight is 257 g/mol. The number of hydrogen-bond acceptors (Lipinski definition) is 3. The summed E-state index contributed by atoms with van der Waals surface area (Å²) in [4.78, 5) is 22.8. The highest BCUT2D eigenvalue weighted by molar-refractivity contribution is 6.35. The fraction of sp³-hybridized carbons (Fsp3) is 0.846. The zero-order valence-electron chi connectivity index (χ0n) is 11.8. The molecule has 0 rings (SSSR count). The van der Waals surface area contributed by atoms with Crippen LogP contribution >= 0.6 is 0 Å². The fourth-order valence-corrected chi connectivity index (χ4v) is 1.61. The van der Waals surface area contributed by atoms with Gasteiger partial charge in [0.25, 0.3) is 0 Å². The third kappa shape index (κ3) is 8.06. The highest BCUT2D eigenvalue weighted by Crippen LogP contribution is 2.22. The maximum absolute atomic E-state index is 11.5. The third-order valence-electron chi connectivity index (χ3n) is 2.82. The lowest BCUT2D eigenvalue weighted by Crippen LogP contribution is -2.44. The van der Waals surface area contributed by atoms with Gasteiger partial charge >= 0.3 is 11.8 Å². The second-order valence-corrected chi connectivity index (χ2v) is 5.35. The smallest absolute Gasteiger partial charge is 0.309 e. The number of unbranched alkanes of at least 4 members (excludes halogenated alkanes) is 2. The molecule has 0 aromatic heterocycles. The lowest BCUT2D eigenvalue weighted by atomic mass is 9.87. The number of nitrogens with one attached hydrogen (secondary N) is 2. The van der Waals surface area contributed by atoms with E-state index in [0.717, 1.165) is 12.8 Å². The molecule has 0 aromatic carbocycles. The van der Waals surface area contributed by atoms with Crippen LogP contribution in [-0.4, -0.2) is 31.4 Å². The Balaban J connectivity index is 3.91. The van der Waals surface area contributed by atoms with Crippen molar-refractivity contribution in [1.82, 2.24) is 10.6 Å². The summed E-state index contributed by atoms with van der Waals surface area (Å²) in [5.74, 6) is -1.18. The molecule has 0 saturated heterocycles. The quantitative estimate of drug-likeness (QED) is 0.444. The van der Waals surface area contributed by atoms with Gasteiger partial charge in [0, 0.05) is 19.6 Å².